The molecule has 1 saturated heterocycles. The SMILES string of the molecule is CCCCCCCCCCCCCCCCCCCCN[C@@H]1O[C@H](CO)[C@@H](O)[C@H](O)[C@H]1NC(=O)OCc1ccccc1. The van der Waals surface area contributed by atoms with Gasteiger partial charge in [0.2, 0.25) is 0 Å². The van der Waals surface area contributed by atoms with Crippen molar-refractivity contribution in [2.45, 2.75) is 160 Å². The van der Waals surface area contributed by atoms with E-state index >= 15 is 0 Å². The van der Waals surface area contributed by atoms with Crippen LogP contribution in [0.1, 0.15) is 128 Å². The lowest BCUT2D eigenvalue weighted by Crippen LogP contribution is -2.67. The number of carbonyl (C=O) groups excluding carboxylic acids is 1. The van der Waals surface area contributed by atoms with E-state index in [9.17, 15) is 20.1 Å². The summed E-state index contributed by atoms with van der Waals surface area (Å²) in [5.41, 5.74) is 0.845. The van der Waals surface area contributed by atoms with E-state index in [1.807, 2.05) is 30.3 Å². The molecule has 2 rings (SSSR count). The minimum absolute atomic E-state index is 0.0928. The third-order valence-corrected chi connectivity index (χ3v) is 8.30. The Labute approximate surface area is 255 Å². The van der Waals surface area contributed by atoms with Crippen LogP contribution in [-0.4, -0.2) is 65.1 Å². The quantitative estimate of drug-likeness (QED) is 0.0887. The molecule has 0 saturated carbocycles. The van der Waals surface area contributed by atoms with Gasteiger partial charge in [-0.05, 0) is 18.5 Å². The molecule has 1 fully saturated rings. The van der Waals surface area contributed by atoms with Crippen molar-refractivity contribution in [3.63, 3.8) is 0 Å². The van der Waals surface area contributed by atoms with Crippen LogP contribution >= 0.6 is 0 Å². The monoisotopic (exact) mass is 592 g/mol. The van der Waals surface area contributed by atoms with Crippen molar-refractivity contribution in [2.24, 2.45) is 0 Å². The maximum atomic E-state index is 12.4. The van der Waals surface area contributed by atoms with Crippen molar-refractivity contribution < 1.29 is 29.6 Å². The summed E-state index contributed by atoms with van der Waals surface area (Å²) in [6, 6.07) is 8.40. The summed E-state index contributed by atoms with van der Waals surface area (Å²) < 4.78 is 11.1. The second-order valence-electron chi connectivity index (χ2n) is 12.0. The molecule has 42 heavy (non-hydrogen) atoms. The second kappa shape index (κ2) is 23.7. The largest absolute Gasteiger partial charge is 0.445 e. The average Bonchev–Trinajstić information content (AvgIpc) is 3.01. The molecule has 1 aliphatic rings. The summed E-state index contributed by atoms with van der Waals surface area (Å²) in [7, 11) is 0. The van der Waals surface area contributed by atoms with Crippen LogP contribution in [0.25, 0.3) is 0 Å². The molecule has 0 aromatic heterocycles. The minimum atomic E-state index is -1.32. The van der Waals surface area contributed by atoms with Crippen LogP contribution in [0.2, 0.25) is 0 Å². The van der Waals surface area contributed by atoms with Gasteiger partial charge < -0.3 is 30.1 Å². The number of hydrogen-bond donors (Lipinski definition) is 5. The first kappa shape index (κ1) is 36.5. The molecule has 1 aliphatic heterocycles. The van der Waals surface area contributed by atoms with Crippen molar-refractivity contribution >= 4 is 6.09 Å². The molecule has 0 radical (unpaired) electrons. The van der Waals surface area contributed by atoms with E-state index in [0.717, 1.165) is 18.4 Å². The van der Waals surface area contributed by atoms with Gasteiger partial charge in [0, 0.05) is 0 Å². The minimum Gasteiger partial charge on any atom is -0.445 e. The molecule has 5 atom stereocenters. The summed E-state index contributed by atoms with van der Waals surface area (Å²) in [6.45, 7) is 2.58. The lowest BCUT2D eigenvalue weighted by atomic mass is 9.96. The zero-order valence-corrected chi connectivity index (χ0v) is 26.2. The number of aliphatic hydroxyl groups is 3. The Balaban J connectivity index is 1.52. The predicted octanol–water partition coefficient (Wildman–Crippen LogP) is 6.35. The third kappa shape index (κ3) is 15.7. The summed E-state index contributed by atoms with van der Waals surface area (Å²) in [4.78, 5) is 12.4. The molecule has 0 spiro atoms. The van der Waals surface area contributed by atoms with Crippen molar-refractivity contribution in [2.75, 3.05) is 13.2 Å². The average molecular weight is 593 g/mol. The zero-order valence-electron chi connectivity index (χ0n) is 26.2. The number of ether oxygens (including phenoxy) is 2. The van der Waals surface area contributed by atoms with E-state index in [1.165, 1.54) is 103 Å². The molecule has 0 unspecified atom stereocenters. The summed E-state index contributed by atoms with van der Waals surface area (Å²) >= 11 is 0. The van der Waals surface area contributed by atoms with Crippen LogP contribution < -0.4 is 10.6 Å². The highest BCUT2D eigenvalue weighted by atomic mass is 16.6. The maximum Gasteiger partial charge on any atom is 0.407 e. The lowest BCUT2D eigenvalue weighted by molar-refractivity contribution is -0.200. The van der Waals surface area contributed by atoms with E-state index < -0.39 is 43.3 Å². The van der Waals surface area contributed by atoms with Crippen LogP contribution in [-0.2, 0) is 16.1 Å². The molecule has 1 aromatic carbocycles. The van der Waals surface area contributed by atoms with Crippen molar-refractivity contribution in [3.8, 4) is 0 Å². The van der Waals surface area contributed by atoms with Crippen LogP contribution in [0.5, 0.6) is 0 Å². The van der Waals surface area contributed by atoms with Gasteiger partial charge in [-0.1, -0.05) is 146 Å². The standard InChI is InChI=1S/C34H60N2O6/c1-2-3-4-5-6-7-8-9-10-11-12-13-14-15-16-17-18-22-25-35-33-30(32(39)31(38)29(26-37)42-33)36-34(40)41-27-28-23-20-19-21-24-28/h19-21,23-24,29-33,35,37-39H,2-18,22,25-27H2,1H3,(H,36,40)/t29-,30-,31-,32-,33-/m1/s1. The van der Waals surface area contributed by atoms with E-state index in [-0.39, 0.29) is 6.61 Å². The van der Waals surface area contributed by atoms with Gasteiger partial charge in [0.1, 0.15) is 37.2 Å². The number of amides is 1. The van der Waals surface area contributed by atoms with Gasteiger partial charge in [0.05, 0.1) is 6.61 Å². The number of unbranched alkanes of at least 4 members (excludes halogenated alkanes) is 17. The number of carbonyl (C=O) groups is 1. The van der Waals surface area contributed by atoms with Crippen molar-refractivity contribution in [1.82, 2.24) is 10.6 Å². The van der Waals surface area contributed by atoms with Crippen LogP contribution in [0.15, 0.2) is 30.3 Å². The van der Waals surface area contributed by atoms with E-state index in [4.69, 9.17) is 9.47 Å². The second-order valence-corrected chi connectivity index (χ2v) is 12.0. The molecule has 1 aromatic rings. The number of rotatable bonds is 24. The Morgan fingerprint density at radius 2 is 1.26 bits per heavy atom. The Kier molecular flexibility index (Phi) is 20.6. The number of alkyl carbamates (subject to hydrolysis) is 1. The van der Waals surface area contributed by atoms with Crippen LogP contribution in [0, 0.1) is 0 Å². The first-order valence-electron chi connectivity index (χ1n) is 16.9. The summed E-state index contributed by atoms with van der Waals surface area (Å²) in [5.74, 6) is 0. The highest BCUT2D eigenvalue weighted by Crippen LogP contribution is 2.21. The van der Waals surface area contributed by atoms with E-state index in [1.54, 1.807) is 0 Å². The maximum absolute atomic E-state index is 12.4. The van der Waals surface area contributed by atoms with Gasteiger partial charge >= 0.3 is 6.09 Å². The first-order chi connectivity index (χ1) is 20.6. The number of aliphatic hydroxyl groups excluding tert-OH is 3. The van der Waals surface area contributed by atoms with Crippen LogP contribution in [0.3, 0.4) is 0 Å². The fourth-order valence-electron chi connectivity index (χ4n) is 5.62. The third-order valence-electron chi connectivity index (χ3n) is 8.30. The molecule has 242 valence electrons. The highest BCUT2D eigenvalue weighted by molar-refractivity contribution is 5.67. The van der Waals surface area contributed by atoms with Gasteiger partial charge in [0.25, 0.3) is 0 Å². The van der Waals surface area contributed by atoms with Gasteiger partial charge in [-0.25, -0.2) is 4.79 Å². The van der Waals surface area contributed by atoms with Gasteiger partial charge in [0.15, 0.2) is 0 Å². The predicted molar refractivity (Wildman–Crippen MR) is 168 cm³/mol. The molecule has 1 amide bonds. The molecule has 5 N–H and O–H groups in total. The number of hydrogen-bond acceptors (Lipinski definition) is 7. The fraction of sp³-hybridized carbons (Fsp3) is 0.794. The van der Waals surface area contributed by atoms with Gasteiger partial charge in [-0.15, -0.1) is 0 Å². The Morgan fingerprint density at radius 1 is 0.762 bits per heavy atom. The number of benzene rings is 1. The van der Waals surface area contributed by atoms with Crippen molar-refractivity contribution in [1.29, 1.82) is 0 Å². The first-order valence-corrected chi connectivity index (χ1v) is 16.9. The molecule has 8 heteroatoms. The van der Waals surface area contributed by atoms with E-state index in [2.05, 4.69) is 17.6 Å². The fourth-order valence-corrected chi connectivity index (χ4v) is 5.62. The van der Waals surface area contributed by atoms with Gasteiger partial charge in [-0.3, -0.25) is 5.32 Å². The number of nitrogens with one attached hydrogen (secondary N) is 2. The van der Waals surface area contributed by atoms with Gasteiger partial charge in [-0.2, -0.15) is 0 Å². The Morgan fingerprint density at radius 3 is 1.76 bits per heavy atom. The van der Waals surface area contributed by atoms with Crippen molar-refractivity contribution in [3.05, 3.63) is 35.9 Å². The topological polar surface area (TPSA) is 120 Å². The molecule has 0 bridgehead atoms. The Bertz CT molecular complexity index is 783. The molecule has 8 nitrogen and oxygen atoms in total. The molecule has 1 heterocycles. The Hall–Kier alpha value is -1.71. The zero-order chi connectivity index (χ0) is 30.3. The van der Waals surface area contributed by atoms with E-state index in [0.29, 0.717) is 6.54 Å². The molecular weight excluding hydrogens is 532 g/mol. The summed E-state index contributed by atoms with van der Waals surface area (Å²) in [5, 5.41) is 36.4. The normalized spacial score (nSPS) is 22.2. The summed E-state index contributed by atoms with van der Waals surface area (Å²) in [6.07, 6.45) is 18.7. The molecule has 0 aliphatic carbocycles. The highest BCUT2D eigenvalue weighted by Gasteiger charge is 2.45. The lowest BCUT2D eigenvalue weighted by Gasteiger charge is -2.42. The smallest absolute Gasteiger partial charge is 0.407 e. The van der Waals surface area contributed by atoms with Crippen LogP contribution in [0.4, 0.5) is 4.79 Å². The molecular formula is C34H60N2O6.